The van der Waals surface area contributed by atoms with Gasteiger partial charge in [0.1, 0.15) is 11.5 Å². The lowest BCUT2D eigenvalue weighted by molar-refractivity contribution is 0.0974. The van der Waals surface area contributed by atoms with Gasteiger partial charge < -0.3 is 9.84 Å². The van der Waals surface area contributed by atoms with Gasteiger partial charge in [-0.05, 0) is 19.1 Å². The molecule has 1 aliphatic rings. The number of aromatic hydroxyl groups is 1. The molecule has 0 spiro atoms. The van der Waals surface area contributed by atoms with Crippen LogP contribution >= 0.6 is 0 Å². The Morgan fingerprint density at radius 2 is 1.57 bits per heavy atom. The van der Waals surface area contributed by atoms with Crippen molar-refractivity contribution in [2.24, 2.45) is 0 Å². The molecule has 2 aromatic carbocycles. The third-order valence-corrected chi connectivity index (χ3v) is 3.35. The number of fused-ring (bicyclic) bond motifs is 2. The van der Waals surface area contributed by atoms with Gasteiger partial charge in [-0.1, -0.05) is 30.3 Å². The van der Waals surface area contributed by atoms with E-state index in [2.05, 4.69) is 0 Å². The molecule has 0 aliphatic heterocycles. The molecule has 0 amide bonds. The fourth-order valence-electron chi connectivity index (χ4n) is 2.42. The quantitative estimate of drug-likeness (QED) is 0.733. The van der Waals surface area contributed by atoms with Crippen LogP contribution in [0.4, 0.5) is 0 Å². The van der Waals surface area contributed by atoms with Crippen molar-refractivity contribution < 1.29 is 19.4 Å². The van der Waals surface area contributed by atoms with Gasteiger partial charge >= 0.3 is 0 Å². The highest BCUT2D eigenvalue weighted by molar-refractivity contribution is 6.30. The molecular weight excluding hydrogens is 268 g/mol. The Morgan fingerprint density at radius 3 is 2.19 bits per heavy atom. The van der Waals surface area contributed by atoms with E-state index in [9.17, 15) is 14.7 Å². The number of phenols is 1. The number of carbonyl (C=O) groups excluding carboxylic acids is 2. The summed E-state index contributed by atoms with van der Waals surface area (Å²) in [5.74, 6) is -0.654. The maximum Gasteiger partial charge on any atom is 0.198 e. The molecule has 1 N–H and O–H groups in total. The van der Waals surface area contributed by atoms with Crippen LogP contribution in [0.25, 0.3) is 0 Å². The monoisotopic (exact) mass is 280 g/mol. The van der Waals surface area contributed by atoms with E-state index in [1.807, 2.05) is 0 Å². The zero-order valence-corrected chi connectivity index (χ0v) is 11.3. The minimum Gasteiger partial charge on any atom is -0.507 e. The van der Waals surface area contributed by atoms with Crippen LogP contribution in [0.3, 0.4) is 0 Å². The van der Waals surface area contributed by atoms with Crippen molar-refractivity contribution in [3.8, 4) is 11.5 Å². The largest absolute Gasteiger partial charge is 0.507 e. The number of rotatable bonds is 2. The molecule has 1 aliphatic carbocycles. The van der Waals surface area contributed by atoms with Crippen molar-refractivity contribution in [1.82, 2.24) is 0 Å². The van der Waals surface area contributed by atoms with Gasteiger partial charge in [-0.25, -0.2) is 0 Å². The van der Waals surface area contributed by atoms with Gasteiger partial charge in [0, 0.05) is 11.1 Å². The Hall–Kier alpha value is -2.88. The van der Waals surface area contributed by atoms with Gasteiger partial charge in [-0.15, -0.1) is 0 Å². The number of ether oxygens (including phenoxy) is 1. The molecule has 21 heavy (non-hydrogen) atoms. The molecule has 4 heteroatoms. The molecule has 104 valence electrons. The van der Waals surface area contributed by atoms with E-state index in [1.165, 1.54) is 18.4 Å². The predicted octanol–water partition coefficient (Wildman–Crippen LogP) is 3.08. The SMILES string of the molecule is CC=COc1ccc(O)c2c1C(=O)c1ccccc1C2=O. The number of hydrogen-bond donors (Lipinski definition) is 1. The lowest BCUT2D eigenvalue weighted by Crippen LogP contribution is -2.21. The maximum absolute atomic E-state index is 12.6. The summed E-state index contributed by atoms with van der Waals surface area (Å²) < 4.78 is 5.38. The minimum atomic E-state index is -0.372. The summed E-state index contributed by atoms with van der Waals surface area (Å²) in [6, 6.07) is 9.40. The topological polar surface area (TPSA) is 63.6 Å². The zero-order chi connectivity index (χ0) is 15.0. The number of carbonyl (C=O) groups is 2. The number of ketones is 2. The van der Waals surface area contributed by atoms with E-state index >= 15 is 0 Å². The van der Waals surface area contributed by atoms with Crippen molar-refractivity contribution in [2.75, 3.05) is 0 Å². The van der Waals surface area contributed by atoms with E-state index in [0.717, 1.165) is 0 Å². The van der Waals surface area contributed by atoms with Crippen LogP contribution in [0.5, 0.6) is 11.5 Å². The molecule has 0 bridgehead atoms. The molecule has 0 saturated carbocycles. The molecule has 0 saturated heterocycles. The van der Waals surface area contributed by atoms with Crippen molar-refractivity contribution in [3.63, 3.8) is 0 Å². The Balaban J connectivity index is 2.28. The third-order valence-electron chi connectivity index (χ3n) is 3.35. The summed E-state index contributed by atoms with van der Waals surface area (Å²) in [6.45, 7) is 1.77. The van der Waals surface area contributed by atoms with Gasteiger partial charge in [-0.3, -0.25) is 9.59 Å². The van der Waals surface area contributed by atoms with Gasteiger partial charge in [0.2, 0.25) is 0 Å². The molecule has 0 unspecified atom stereocenters. The molecule has 3 rings (SSSR count). The summed E-state index contributed by atoms with van der Waals surface area (Å²) in [7, 11) is 0. The normalized spacial score (nSPS) is 13.2. The molecule has 0 aromatic heterocycles. The van der Waals surface area contributed by atoms with Crippen molar-refractivity contribution in [2.45, 2.75) is 6.92 Å². The Labute approximate surface area is 121 Å². The van der Waals surface area contributed by atoms with Crippen LogP contribution in [0.1, 0.15) is 38.8 Å². The maximum atomic E-state index is 12.6. The van der Waals surface area contributed by atoms with Crippen molar-refractivity contribution in [3.05, 3.63) is 71.0 Å². The van der Waals surface area contributed by atoms with Crippen LogP contribution in [0, 0.1) is 0 Å². The zero-order valence-electron chi connectivity index (χ0n) is 11.3. The molecule has 4 nitrogen and oxygen atoms in total. The van der Waals surface area contributed by atoms with E-state index in [0.29, 0.717) is 11.1 Å². The second-order valence-electron chi connectivity index (χ2n) is 4.62. The number of hydrogen-bond acceptors (Lipinski definition) is 4. The number of allylic oxidation sites excluding steroid dienone is 1. The van der Waals surface area contributed by atoms with Crippen molar-refractivity contribution >= 4 is 11.6 Å². The van der Waals surface area contributed by atoms with Crippen LogP contribution in [0.15, 0.2) is 48.7 Å². The smallest absolute Gasteiger partial charge is 0.198 e. The minimum absolute atomic E-state index is 0.000651. The van der Waals surface area contributed by atoms with Crippen LogP contribution in [-0.2, 0) is 0 Å². The summed E-state index contributed by atoms with van der Waals surface area (Å²) in [5.41, 5.74) is 0.733. The predicted molar refractivity (Wildman–Crippen MR) is 76.9 cm³/mol. The standard InChI is InChI=1S/C17H12O4/c1-2-9-21-13-8-7-12(18)14-15(13)17(20)11-6-4-3-5-10(11)16(14)19/h2-9,18H,1H3. The highest BCUT2D eigenvalue weighted by atomic mass is 16.5. The fraction of sp³-hybridized carbons (Fsp3) is 0.0588. The summed E-state index contributed by atoms with van der Waals surface area (Å²) in [6.07, 6.45) is 3.09. The Morgan fingerprint density at radius 1 is 0.952 bits per heavy atom. The summed E-state index contributed by atoms with van der Waals surface area (Å²) >= 11 is 0. The molecular formula is C17H12O4. The lowest BCUT2D eigenvalue weighted by atomic mass is 9.83. The molecule has 0 radical (unpaired) electrons. The van der Waals surface area contributed by atoms with E-state index in [-0.39, 0.29) is 34.2 Å². The fourth-order valence-corrected chi connectivity index (χ4v) is 2.42. The number of phenolic OH excluding ortho intramolecular Hbond substituents is 1. The first kappa shape index (κ1) is 13.1. The first-order valence-corrected chi connectivity index (χ1v) is 6.47. The van der Waals surface area contributed by atoms with Gasteiger partial charge in [-0.2, -0.15) is 0 Å². The average Bonchev–Trinajstić information content (AvgIpc) is 2.51. The highest BCUT2D eigenvalue weighted by Crippen LogP contribution is 2.37. The van der Waals surface area contributed by atoms with Crippen molar-refractivity contribution in [1.29, 1.82) is 0 Å². The van der Waals surface area contributed by atoms with Gasteiger partial charge in [0.05, 0.1) is 17.4 Å². The lowest BCUT2D eigenvalue weighted by Gasteiger charge is -2.20. The molecule has 0 heterocycles. The Bertz CT molecular complexity index is 787. The molecule has 0 atom stereocenters. The van der Waals surface area contributed by atoms with Crippen LogP contribution in [-0.4, -0.2) is 16.7 Å². The van der Waals surface area contributed by atoms with E-state index in [4.69, 9.17) is 4.74 Å². The molecule has 2 aromatic rings. The third kappa shape index (κ3) is 1.92. The molecule has 0 fully saturated rings. The Kier molecular flexibility index (Phi) is 3.06. The van der Waals surface area contributed by atoms with Crippen LogP contribution in [0.2, 0.25) is 0 Å². The first-order valence-electron chi connectivity index (χ1n) is 6.47. The highest BCUT2D eigenvalue weighted by Gasteiger charge is 2.34. The van der Waals surface area contributed by atoms with Gasteiger partial charge in [0.15, 0.2) is 11.6 Å². The number of benzene rings is 2. The second kappa shape index (κ2) is 4.90. The summed E-state index contributed by atoms with van der Waals surface area (Å²) in [4.78, 5) is 25.1. The van der Waals surface area contributed by atoms with E-state index in [1.54, 1.807) is 37.3 Å². The van der Waals surface area contributed by atoms with E-state index < -0.39 is 0 Å². The van der Waals surface area contributed by atoms with Gasteiger partial charge in [0.25, 0.3) is 0 Å². The summed E-state index contributed by atoms with van der Waals surface area (Å²) in [5, 5.41) is 9.97. The first-order chi connectivity index (χ1) is 10.1. The second-order valence-corrected chi connectivity index (χ2v) is 4.62. The van der Waals surface area contributed by atoms with Crippen LogP contribution < -0.4 is 4.74 Å². The average molecular weight is 280 g/mol.